The summed E-state index contributed by atoms with van der Waals surface area (Å²) in [5.41, 5.74) is 0.823. The summed E-state index contributed by atoms with van der Waals surface area (Å²) in [5.74, 6) is 4.60. The summed E-state index contributed by atoms with van der Waals surface area (Å²) < 4.78 is 0. The van der Waals surface area contributed by atoms with Gasteiger partial charge in [-0.15, -0.1) is 0 Å². The second-order valence-corrected chi connectivity index (χ2v) is 5.66. The van der Waals surface area contributed by atoms with Crippen molar-refractivity contribution in [2.24, 2.45) is 29.1 Å². The third-order valence-electron chi connectivity index (χ3n) is 5.26. The average Bonchev–Trinajstić information content (AvgIpc) is 2.61. The van der Waals surface area contributed by atoms with Crippen LogP contribution >= 0.6 is 0 Å². The van der Waals surface area contributed by atoms with E-state index in [4.69, 9.17) is 0 Å². The molecule has 68 valence electrons. The fourth-order valence-corrected chi connectivity index (χ4v) is 4.19. The van der Waals surface area contributed by atoms with Crippen molar-refractivity contribution in [3.05, 3.63) is 0 Å². The molecule has 0 heteroatoms. The summed E-state index contributed by atoms with van der Waals surface area (Å²) in [6.45, 7) is 4.96. The maximum atomic E-state index is 2.58. The average molecular weight is 164 g/mol. The summed E-state index contributed by atoms with van der Waals surface area (Å²) >= 11 is 0. The highest BCUT2D eigenvalue weighted by atomic mass is 14.7. The van der Waals surface area contributed by atoms with E-state index < -0.39 is 0 Å². The van der Waals surface area contributed by atoms with E-state index in [9.17, 15) is 0 Å². The molecule has 0 N–H and O–H groups in total. The van der Waals surface area contributed by atoms with Gasteiger partial charge in [0.1, 0.15) is 0 Å². The van der Waals surface area contributed by atoms with Crippen LogP contribution in [0.5, 0.6) is 0 Å². The summed E-state index contributed by atoms with van der Waals surface area (Å²) in [7, 11) is 0. The first-order valence-electron chi connectivity index (χ1n) is 5.75. The molecule has 0 aromatic carbocycles. The molecule has 0 bridgehead atoms. The van der Waals surface area contributed by atoms with Crippen LogP contribution in [0.2, 0.25) is 0 Å². The quantitative estimate of drug-likeness (QED) is 0.586. The standard InChI is InChI=1S/C12H20/c1-3-8-4-5-10(8)12(2)7-9-6-11(9)12/h8-11H,3-7H2,1-2H3. The van der Waals surface area contributed by atoms with Crippen LogP contribution in [0.3, 0.4) is 0 Å². The van der Waals surface area contributed by atoms with E-state index in [2.05, 4.69) is 13.8 Å². The summed E-state index contributed by atoms with van der Waals surface area (Å²) in [5, 5.41) is 0. The number of rotatable bonds is 2. The topological polar surface area (TPSA) is 0 Å². The molecule has 0 aromatic heterocycles. The molecular weight excluding hydrogens is 144 g/mol. The van der Waals surface area contributed by atoms with Crippen LogP contribution in [0.15, 0.2) is 0 Å². The third-order valence-corrected chi connectivity index (χ3v) is 5.26. The second kappa shape index (κ2) is 2.08. The lowest BCUT2D eigenvalue weighted by Crippen LogP contribution is -2.45. The molecule has 0 aromatic rings. The third kappa shape index (κ3) is 0.701. The smallest absolute Gasteiger partial charge is 0.0261 e. The van der Waals surface area contributed by atoms with Gasteiger partial charge in [0, 0.05) is 0 Å². The van der Waals surface area contributed by atoms with Gasteiger partial charge < -0.3 is 0 Å². The molecule has 3 fully saturated rings. The van der Waals surface area contributed by atoms with Crippen LogP contribution in [-0.4, -0.2) is 0 Å². The lowest BCUT2D eigenvalue weighted by Gasteiger charge is -2.53. The Balaban J connectivity index is 1.72. The fraction of sp³-hybridized carbons (Fsp3) is 1.00. The Morgan fingerprint density at radius 1 is 1.25 bits per heavy atom. The van der Waals surface area contributed by atoms with Crippen LogP contribution in [-0.2, 0) is 0 Å². The zero-order valence-electron chi connectivity index (χ0n) is 8.34. The van der Waals surface area contributed by atoms with E-state index in [1.807, 2.05) is 0 Å². The molecule has 0 saturated heterocycles. The molecule has 0 amide bonds. The predicted octanol–water partition coefficient (Wildman–Crippen LogP) is 3.47. The Morgan fingerprint density at radius 3 is 2.42 bits per heavy atom. The Morgan fingerprint density at radius 2 is 2.08 bits per heavy atom. The van der Waals surface area contributed by atoms with Gasteiger partial charge in [0.15, 0.2) is 0 Å². The molecule has 12 heavy (non-hydrogen) atoms. The van der Waals surface area contributed by atoms with Crippen molar-refractivity contribution in [2.75, 3.05) is 0 Å². The Labute approximate surface area is 75.7 Å². The first-order valence-corrected chi connectivity index (χ1v) is 5.75. The lowest BCUT2D eigenvalue weighted by molar-refractivity contribution is -0.0418. The van der Waals surface area contributed by atoms with Crippen LogP contribution in [0.4, 0.5) is 0 Å². The zero-order valence-corrected chi connectivity index (χ0v) is 8.34. The molecule has 3 saturated carbocycles. The molecule has 3 aliphatic rings. The van der Waals surface area contributed by atoms with Crippen molar-refractivity contribution < 1.29 is 0 Å². The Kier molecular flexibility index (Phi) is 1.28. The molecule has 0 aliphatic heterocycles. The van der Waals surface area contributed by atoms with Crippen molar-refractivity contribution in [3.63, 3.8) is 0 Å². The van der Waals surface area contributed by atoms with Gasteiger partial charge in [-0.2, -0.15) is 0 Å². The Bertz CT molecular complexity index is 206. The number of fused-ring (bicyclic) bond motifs is 1. The van der Waals surface area contributed by atoms with Crippen molar-refractivity contribution in [2.45, 2.75) is 46.0 Å². The highest BCUT2D eigenvalue weighted by molar-refractivity contribution is 5.14. The number of hydrogen-bond donors (Lipinski definition) is 0. The minimum absolute atomic E-state index is 0.823. The molecule has 5 unspecified atom stereocenters. The normalized spacial score (nSPS) is 61.5. The first kappa shape index (κ1) is 7.41. The van der Waals surface area contributed by atoms with Gasteiger partial charge in [-0.1, -0.05) is 20.3 Å². The van der Waals surface area contributed by atoms with E-state index in [0.717, 1.165) is 17.3 Å². The minimum Gasteiger partial charge on any atom is -0.0651 e. The SMILES string of the molecule is CCC1CCC1C1(C)CC2CC21. The number of hydrogen-bond acceptors (Lipinski definition) is 0. The molecule has 0 heterocycles. The lowest BCUT2D eigenvalue weighted by atomic mass is 9.52. The molecule has 0 nitrogen and oxygen atoms in total. The van der Waals surface area contributed by atoms with Crippen LogP contribution in [0, 0.1) is 29.1 Å². The second-order valence-electron chi connectivity index (χ2n) is 5.66. The zero-order chi connectivity index (χ0) is 8.34. The van der Waals surface area contributed by atoms with Crippen LogP contribution in [0.1, 0.15) is 46.0 Å². The molecule has 5 atom stereocenters. The van der Waals surface area contributed by atoms with Crippen LogP contribution < -0.4 is 0 Å². The van der Waals surface area contributed by atoms with E-state index in [-0.39, 0.29) is 0 Å². The molecule has 3 aliphatic carbocycles. The van der Waals surface area contributed by atoms with E-state index in [0.29, 0.717) is 0 Å². The van der Waals surface area contributed by atoms with Crippen molar-refractivity contribution in [3.8, 4) is 0 Å². The van der Waals surface area contributed by atoms with Crippen molar-refractivity contribution in [1.82, 2.24) is 0 Å². The van der Waals surface area contributed by atoms with E-state index >= 15 is 0 Å². The molecular formula is C12H20. The maximum absolute atomic E-state index is 2.58. The van der Waals surface area contributed by atoms with E-state index in [1.165, 1.54) is 24.7 Å². The largest absolute Gasteiger partial charge is 0.0651 e. The van der Waals surface area contributed by atoms with Gasteiger partial charge in [0.25, 0.3) is 0 Å². The van der Waals surface area contributed by atoms with Gasteiger partial charge in [-0.25, -0.2) is 0 Å². The first-order chi connectivity index (χ1) is 5.75. The van der Waals surface area contributed by atoms with Gasteiger partial charge in [-0.05, 0) is 54.8 Å². The fourth-order valence-electron chi connectivity index (χ4n) is 4.19. The minimum atomic E-state index is 0.823. The van der Waals surface area contributed by atoms with Gasteiger partial charge in [0.2, 0.25) is 0 Å². The van der Waals surface area contributed by atoms with Crippen molar-refractivity contribution >= 4 is 0 Å². The summed E-state index contributed by atoms with van der Waals surface area (Å²) in [6, 6.07) is 0. The summed E-state index contributed by atoms with van der Waals surface area (Å²) in [4.78, 5) is 0. The molecule has 0 radical (unpaired) electrons. The summed E-state index contributed by atoms with van der Waals surface area (Å²) in [6.07, 6.45) is 7.70. The monoisotopic (exact) mass is 164 g/mol. The predicted molar refractivity (Wildman–Crippen MR) is 50.8 cm³/mol. The van der Waals surface area contributed by atoms with Crippen LogP contribution in [0.25, 0.3) is 0 Å². The van der Waals surface area contributed by atoms with Gasteiger partial charge in [-0.3, -0.25) is 0 Å². The van der Waals surface area contributed by atoms with Gasteiger partial charge in [0.05, 0.1) is 0 Å². The van der Waals surface area contributed by atoms with Crippen molar-refractivity contribution in [1.29, 1.82) is 0 Å². The Hall–Kier alpha value is 0. The maximum Gasteiger partial charge on any atom is -0.0261 e. The highest BCUT2D eigenvalue weighted by Gasteiger charge is 2.65. The highest BCUT2D eigenvalue weighted by Crippen LogP contribution is 2.73. The molecule has 0 spiro atoms. The van der Waals surface area contributed by atoms with E-state index in [1.54, 1.807) is 19.3 Å². The molecule has 3 rings (SSSR count). The van der Waals surface area contributed by atoms with Gasteiger partial charge >= 0.3 is 0 Å².